The van der Waals surface area contributed by atoms with Gasteiger partial charge in [-0.25, -0.2) is 4.98 Å². The lowest BCUT2D eigenvalue weighted by atomic mass is 10.0. The van der Waals surface area contributed by atoms with E-state index in [1.165, 1.54) is 0 Å². The summed E-state index contributed by atoms with van der Waals surface area (Å²) in [6.07, 6.45) is 0.671. The van der Waals surface area contributed by atoms with E-state index in [1.807, 2.05) is 60.0 Å². The van der Waals surface area contributed by atoms with Crippen LogP contribution in [0.1, 0.15) is 48.1 Å². The van der Waals surface area contributed by atoms with Crippen molar-refractivity contribution >= 4 is 28.5 Å². The van der Waals surface area contributed by atoms with Gasteiger partial charge >= 0.3 is 0 Å². The summed E-state index contributed by atoms with van der Waals surface area (Å²) in [4.78, 5) is 31.2. The average Bonchev–Trinajstić information content (AvgIpc) is 3.48. The molecule has 0 spiro atoms. The van der Waals surface area contributed by atoms with Crippen LogP contribution in [0.5, 0.6) is 11.5 Å². The number of aromatic nitrogens is 2. The number of para-hydroxylation sites is 2. The molecule has 4 aromatic rings. The first kappa shape index (κ1) is 24.4. The van der Waals surface area contributed by atoms with Crippen molar-refractivity contribution < 1.29 is 19.1 Å². The van der Waals surface area contributed by atoms with Gasteiger partial charge in [-0.1, -0.05) is 43.7 Å². The highest BCUT2D eigenvalue weighted by molar-refractivity contribution is 5.95. The molecule has 1 aliphatic rings. The molecule has 0 radical (unpaired) electrons. The maximum atomic E-state index is 13.2. The molecule has 1 aromatic heterocycles. The number of carbonyl (C=O) groups is 2. The van der Waals surface area contributed by atoms with Gasteiger partial charge in [-0.2, -0.15) is 0 Å². The largest absolute Gasteiger partial charge is 0.454 e. The summed E-state index contributed by atoms with van der Waals surface area (Å²) in [5.74, 6) is 1.81. The first-order chi connectivity index (χ1) is 17.9. The predicted octanol–water partition coefficient (Wildman–Crippen LogP) is 5.23. The second-order valence-corrected chi connectivity index (χ2v) is 9.68. The van der Waals surface area contributed by atoms with Gasteiger partial charge in [0.25, 0.3) is 5.91 Å². The van der Waals surface area contributed by atoms with Gasteiger partial charge in [-0.15, -0.1) is 0 Å². The third kappa shape index (κ3) is 5.43. The van der Waals surface area contributed by atoms with Gasteiger partial charge in [0.1, 0.15) is 12.4 Å². The van der Waals surface area contributed by atoms with Crippen molar-refractivity contribution in [3.05, 3.63) is 83.7 Å². The Morgan fingerprint density at radius 3 is 2.54 bits per heavy atom. The summed E-state index contributed by atoms with van der Waals surface area (Å²) in [5, 5.41) is 6.11. The molecule has 0 saturated carbocycles. The second-order valence-electron chi connectivity index (χ2n) is 9.68. The molecule has 0 unspecified atom stereocenters. The molecule has 5 rings (SSSR count). The molecule has 8 nitrogen and oxygen atoms in total. The Bertz CT molecular complexity index is 1440. The number of nitrogens with zero attached hydrogens (tertiary/aromatic N) is 2. The van der Waals surface area contributed by atoms with Crippen molar-refractivity contribution in [3.8, 4) is 11.5 Å². The van der Waals surface area contributed by atoms with Gasteiger partial charge in [0.2, 0.25) is 12.7 Å². The number of imidazole rings is 1. The Balaban J connectivity index is 1.44. The summed E-state index contributed by atoms with van der Waals surface area (Å²) in [5.41, 5.74) is 3.89. The standard InChI is InChI=1S/C29H30N4O4/c1-18(2)14-23(32-29(35)20-10-8-19(3)9-11-20)28-31-22-6-4-5-7-24(22)33(28)16-27(34)30-21-12-13-25-26(15-21)37-17-36-25/h4-13,15,18,23H,14,16-17H2,1-3H3,(H,30,34)(H,32,35)/t23-/m0/s1. The maximum absolute atomic E-state index is 13.2. The smallest absolute Gasteiger partial charge is 0.251 e. The van der Waals surface area contributed by atoms with Gasteiger partial charge < -0.3 is 24.7 Å². The Morgan fingerprint density at radius 1 is 1.00 bits per heavy atom. The number of carbonyl (C=O) groups excluding carboxylic acids is 2. The highest BCUT2D eigenvalue weighted by atomic mass is 16.7. The maximum Gasteiger partial charge on any atom is 0.251 e. The van der Waals surface area contributed by atoms with Crippen LogP contribution < -0.4 is 20.1 Å². The Morgan fingerprint density at radius 2 is 1.76 bits per heavy atom. The molecule has 0 saturated heterocycles. The molecule has 1 atom stereocenters. The van der Waals surface area contributed by atoms with Crippen LogP contribution in [0.15, 0.2) is 66.7 Å². The summed E-state index contributed by atoms with van der Waals surface area (Å²) in [6, 6.07) is 20.1. The van der Waals surface area contributed by atoms with E-state index >= 15 is 0 Å². The van der Waals surface area contributed by atoms with E-state index in [0.29, 0.717) is 40.9 Å². The van der Waals surface area contributed by atoms with Crippen LogP contribution in [0.4, 0.5) is 5.69 Å². The molecule has 0 aliphatic carbocycles. The van der Waals surface area contributed by atoms with E-state index < -0.39 is 0 Å². The minimum Gasteiger partial charge on any atom is -0.454 e. The van der Waals surface area contributed by atoms with Crippen molar-refractivity contribution in [1.29, 1.82) is 0 Å². The lowest BCUT2D eigenvalue weighted by Crippen LogP contribution is -2.32. The topological polar surface area (TPSA) is 94.5 Å². The third-order valence-electron chi connectivity index (χ3n) is 6.28. The molecule has 2 heterocycles. The van der Waals surface area contributed by atoms with Crippen molar-refractivity contribution in [2.24, 2.45) is 5.92 Å². The van der Waals surface area contributed by atoms with Crippen LogP contribution in [0.2, 0.25) is 0 Å². The third-order valence-corrected chi connectivity index (χ3v) is 6.28. The summed E-state index contributed by atoms with van der Waals surface area (Å²) in [6.45, 7) is 6.40. The zero-order valence-electron chi connectivity index (χ0n) is 21.2. The molecule has 1 aliphatic heterocycles. The van der Waals surface area contributed by atoms with Crippen LogP contribution in [0, 0.1) is 12.8 Å². The highest BCUT2D eigenvalue weighted by Crippen LogP contribution is 2.34. The molecule has 190 valence electrons. The number of fused-ring (bicyclic) bond motifs is 2. The fraction of sp³-hybridized carbons (Fsp3) is 0.276. The Hall–Kier alpha value is -4.33. The lowest BCUT2D eigenvalue weighted by molar-refractivity contribution is -0.116. The number of benzene rings is 3. The van der Waals surface area contributed by atoms with Crippen molar-refractivity contribution in [1.82, 2.24) is 14.9 Å². The summed E-state index contributed by atoms with van der Waals surface area (Å²) < 4.78 is 12.7. The van der Waals surface area contributed by atoms with Crippen LogP contribution in [-0.4, -0.2) is 28.2 Å². The Labute approximate surface area is 215 Å². The molecule has 0 fully saturated rings. The van der Waals surface area contributed by atoms with Crippen molar-refractivity contribution in [2.75, 3.05) is 12.1 Å². The number of nitrogens with one attached hydrogen (secondary N) is 2. The van der Waals surface area contributed by atoms with Gasteiger partial charge in [0.15, 0.2) is 11.5 Å². The van der Waals surface area contributed by atoms with E-state index in [1.54, 1.807) is 18.2 Å². The van der Waals surface area contributed by atoms with Crippen molar-refractivity contribution in [2.45, 2.75) is 39.8 Å². The molecule has 2 N–H and O–H groups in total. The van der Waals surface area contributed by atoms with E-state index in [4.69, 9.17) is 14.5 Å². The van der Waals surface area contributed by atoms with E-state index in [9.17, 15) is 9.59 Å². The number of hydrogen-bond donors (Lipinski definition) is 2. The van der Waals surface area contributed by atoms with E-state index in [0.717, 1.165) is 16.6 Å². The molecular weight excluding hydrogens is 468 g/mol. The Kier molecular flexibility index (Phi) is 6.81. The zero-order valence-corrected chi connectivity index (χ0v) is 21.2. The van der Waals surface area contributed by atoms with Gasteiger partial charge in [-0.3, -0.25) is 9.59 Å². The molecule has 0 bridgehead atoms. The first-order valence-corrected chi connectivity index (χ1v) is 12.4. The number of anilines is 1. The van der Waals surface area contributed by atoms with Gasteiger partial charge in [0, 0.05) is 17.3 Å². The van der Waals surface area contributed by atoms with Gasteiger partial charge in [0.05, 0.1) is 17.1 Å². The molecule has 3 aromatic carbocycles. The number of amides is 2. The van der Waals surface area contributed by atoms with Crippen LogP contribution in [-0.2, 0) is 11.3 Å². The van der Waals surface area contributed by atoms with Gasteiger partial charge in [-0.05, 0) is 55.7 Å². The molecule has 37 heavy (non-hydrogen) atoms. The van der Waals surface area contributed by atoms with E-state index in [2.05, 4.69) is 24.5 Å². The van der Waals surface area contributed by atoms with Crippen LogP contribution >= 0.6 is 0 Å². The minimum absolute atomic E-state index is 0.0410. The number of aryl methyl sites for hydroxylation is 1. The lowest BCUT2D eigenvalue weighted by Gasteiger charge is -2.22. The first-order valence-electron chi connectivity index (χ1n) is 12.4. The monoisotopic (exact) mass is 498 g/mol. The SMILES string of the molecule is Cc1ccc(C(=O)N[C@@H](CC(C)C)c2nc3ccccc3n2CC(=O)Nc2ccc3c(c2)OCO3)cc1. The second kappa shape index (κ2) is 10.3. The van der Waals surface area contributed by atoms with Crippen LogP contribution in [0.3, 0.4) is 0 Å². The number of rotatable bonds is 8. The molecule has 8 heteroatoms. The summed E-state index contributed by atoms with van der Waals surface area (Å²) in [7, 11) is 0. The highest BCUT2D eigenvalue weighted by Gasteiger charge is 2.25. The zero-order chi connectivity index (χ0) is 25.9. The fourth-order valence-electron chi connectivity index (χ4n) is 4.49. The molecule has 2 amide bonds. The predicted molar refractivity (Wildman–Crippen MR) is 142 cm³/mol. The summed E-state index contributed by atoms with van der Waals surface area (Å²) >= 11 is 0. The quantitative estimate of drug-likeness (QED) is 0.347. The fourth-order valence-corrected chi connectivity index (χ4v) is 4.49. The number of ether oxygens (including phenoxy) is 2. The minimum atomic E-state index is -0.375. The van der Waals surface area contributed by atoms with E-state index in [-0.39, 0.29) is 31.2 Å². The number of hydrogen-bond acceptors (Lipinski definition) is 5. The average molecular weight is 499 g/mol. The van der Waals surface area contributed by atoms with Crippen molar-refractivity contribution in [3.63, 3.8) is 0 Å². The normalized spacial score (nSPS) is 13.1. The molecular formula is C29H30N4O4. The van der Waals surface area contributed by atoms with Crippen LogP contribution in [0.25, 0.3) is 11.0 Å².